The molecule has 0 fully saturated rings. The fraction of sp³-hybridized carbons (Fsp3) is 0.235. The topological polar surface area (TPSA) is 118 Å². The number of thiophene rings is 1. The number of nitrogens with one attached hydrogen (secondary N) is 1. The molecule has 1 aromatic carbocycles. The third-order valence-electron chi connectivity index (χ3n) is 3.88. The number of fused-ring (bicyclic) bond motifs is 1. The molecule has 3 rings (SSSR count). The summed E-state index contributed by atoms with van der Waals surface area (Å²) in [5.41, 5.74) is 0.398. The molecule has 0 spiro atoms. The number of sulfone groups is 1. The molecule has 0 aliphatic carbocycles. The average Bonchev–Trinajstić information content (AvgIpc) is 2.98. The van der Waals surface area contributed by atoms with Gasteiger partial charge in [0.2, 0.25) is 15.0 Å². The van der Waals surface area contributed by atoms with Crippen molar-refractivity contribution in [3.8, 4) is 22.8 Å². The molecule has 0 unspecified atom stereocenters. The van der Waals surface area contributed by atoms with Crippen molar-refractivity contribution in [1.82, 2.24) is 15.3 Å². The van der Waals surface area contributed by atoms with Crippen molar-refractivity contribution < 1.29 is 23.1 Å². The lowest BCUT2D eigenvalue weighted by Gasteiger charge is -2.11. The summed E-state index contributed by atoms with van der Waals surface area (Å²) in [6.45, 7) is 2.10. The number of amides is 1. The van der Waals surface area contributed by atoms with Gasteiger partial charge in [-0.05, 0) is 35.0 Å². The van der Waals surface area contributed by atoms with Crippen molar-refractivity contribution >= 4 is 64.8 Å². The fourth-order valence-electron chi connectivity index (χ4n) is 2.59. The molecule has 29 heavy (non-hydrogen) atoms. The second-order valence-electron chi connectivity index (χ2n) is 5.91. The predicted octanol–water partition coefficient (Wildman–Crippen LogP) is 3.64. The highest BCUT2D eigenvalue weighted by Crippen LogP contribution is 2.44. The molecule has 12 heteroatoms. The zero-order chi connectivity index (χ0) is 21.5. The third-order valence-corrected chi connectivity index (χ3v) is 6.73. The van der Waals surface area contributed by atoms with Crippen molar-refractivity contribution in [2.75, 3.05) is 19.9 Å². The van der Waals surface area contributed by atoms with E-state index in [0.717, 1.165) is 17.6 Å². The van der Waals surface area contributed by atoms with Crippen LogP contribution in [0.15, 0.2) is 21.8 Å². The van der Waals surface area contributed by atoms with Crippen LogP contribution in [0.2, 0.25) is 5.02 Å². The second kappa shape index (κ2) is 8.05. The highest BCUT2D eigenvalue weighted by atomic mass is 79.9. The summed E-state index contributed by atoms with van der Waals surface area (Å²) in [6.07, 6.45) is 0.972. The number of carbonyl (C=O) groups excluding carboxylic acids is 1. The molecule has 0 radical (unpaired) electrons. The Morgan fingerprint density at radius 3 is 2.66 bits per heavy atom. The maximum Gasteiger partial charge on any atom is 0.265 e. The maximum absolute atomic E-state index is 12.3. The summed E-state index contributed by atoms with van der Waals surface area (Å²) in [4.78, 5) is 20.6. The first kappa shape index (κ1) is 21.8. The summed E-state index contributed by atoms with van der Waals surface area (Å²) in [5.74, 6) is -0.418. The molecule has 0 aliphatic rings. The Labute approximate surface area is 183 Å². The number of ether oxygens (including phenoxy) is 1. The molecule has 0 aliphatic heterocycles. The lowest BCUT2D eigenvalue weighted by molar-refractivity contribution is 0.0957. The van der Waals surface area contributed by atoms with Crippen LogP contribution >= 0.6 is 38.9 Å². The van der Waals surface area contributed by atoms with E-state index in [0.29, 0.717) is 22.3 Å². The highest BCUT2D eigenvalue weighted by molar-refractivity contribution is 9.10. The lowest BCUT2D eigenvalue weighted by Crippen LogP contribution is -2.21. The van der Waals surface area contributed by atoms with Gasteiger partial charge in [0.1, 0.15) is 15.5 Å². The molecule has 0 bridgehead atoms. The van der Waals surface area contributed by atoms with Crippen LogP contribution in [0.5, 0.6) is 11.5 Å². The minimum Gasteiger partial charge on any atom is -0.505 e. The van der Waals surface area contributed by atoms with Gasteiger partial charge in [-0.25, -0.2) is 18.4 Å². The number of carbonyl (C=O) groups is 1. The first-order valence-electron chi connectivity index (χ1n) is 8.13. The highest BCUT2D eigenvalue weighted by Gasteiger charge is 2.27. The van der Waals surface area contributed by atoms with E-state index in [4.69, 9.17) is 16.3 Å². The van der Waals surface area contributed by atoms with Gasteiger partial charge < -0.3 is 15.2 Å². The summed E-state index contributed by atoms with van der Waals surface area (Å²) in [6, 6.07) is 3.13. The largest absolute Gasteiger partial charge is 0.505 e. The molecule has 0 saturated heterocycles. The van der Waals surface area contributed by atoms with Gasteiger partial charge in [-0.15, -0.1) is 11.3 Å². The van der Waals surface area contributed by atoms with Crippen LogP contribution in [0.1, 0.15) is 16.6 Å². The zero-order valence-electron chi connectivity index (χ0n) is 15.4. The molecule has 3 aromatic rings. The monoisotopic (exact) mass is 519 g/mol. The van der Waals surface area contributed by atoms with Crippen LogP contribution in [0.3, 0.4) is 0 Å². The Balaban J connectivity index is 2.43. The zero-order valence-corrected chi connectivity index (χ0v) is 19.4. The molecule has 0 saturated carbocycles. The van der Waals surface area contributed by atoms with Gasteiger partial charge in [-0.1, -0.05) is 11.6 Å². The van der Waals surface area contributed by atoms with Crippen molar-refractivity contribution in [1.29, 1.82) is 0 Å². The first-order chi connectivity index (χ1) is 13.6. The molecule has 8 nitrogen and oxygen atoms in total. The SMILES string of the molecule is CCNC(=O)c1sc2nc(S(C)(=O)=O)nc(-c3cc(OC)c(Br)cc3Cl)c2c1O. The molecular weight excluding hydrogens is 506 g/mol. The summed E-state index contributed by atoms with van der Waals surface area (Å²) in [7, 11) is -2.31. The van der Waals surface area contributed by atoms with Gasteiger partial charge in [0.05, 0.1) is 27.7 Å². The van der Waals surface area contributed by atoms with Gasteiger partial charge in [0, 0.05) is 18.4 Å². The van der Waals surface area contributed by atoms with E-state index in [1.54, 1.807) is 19.1 Å². The number of benzene rings is 1. The van der Waals surface area contributed by atoms with E-state index in [1.165, 1.54) is 7.11 Å². The Morgan fingerprint density at radius 2 is 2.07 bits per heavy atom. The number of methoxy groups -OCH3 is 1. The smallest absolute Gasteiger partial charge is 0.265 e. The van der Waals surface area contributed by atoms with E-state index in [1.807, 2.05) is 0 Å². The van der Waals surface area contributed by atoms with E-state index in [-0.39, 0.29) is 31.6 Å². The number of hydrogen-bond donors (Lipinski definition) is 2. The van der Waals surface area contributed by atoms with Gasteiger partial charge >= 0.3 is 0 Å². The maximum atomic E-state index is 12.3. The van der Waals surface area contributed by atoms with Gasteiger partial charge in [-0.3, -0.25) is 4.79 Å². The number of nitrogens with zero attached hydrogens (tertiary/aromatic N) is 2. The molecule has 2 heterocycles. The second-order valence-corrected chi connectivity index (χ2v) is 10.1. The predicted molar refractivity (Wildman–Crippen MR) is 115 cm³/mol. The Kier molecular flexibility index (Phi) is 6.04. The van der Waals surface area contributed by atoms with E-state index in [2.05, 4.69) is 31.2 Å². The fourth-order valence-corrected chi connectivity index (χ4v) is 5.04. The third kappa shape index (κ3) is 4.04. The quantitative estimate of drug-likeness (QED) is 0.493. The van der Waals surface area contributed by atoms with Gasteiger partial charge in [-0.2, -0.15) is 0 Å². The number of aromatic nitrogens is 2. The van der Waals surface area contributed by atoms with Crippen molar-refractivity contribution in [2.24, 2.45) is 0 Å². The van der Waals surface area contributed by atoms with E-state index in [9.17, 15) is 18.3 Å². The van der Waals surface area contributed by atoms with Crippen LogP contribution in [0, 0.1) is 0 Å². The van der Waals surface area contributed by atoms with Crippen molar-refractivity contribution in [3.63, 3.8) is 0 Å². The number of aromatic hydroxyl groups is 1. The lowest BCUT2D eigenvalue weighted by atomic mass is 10.1. The van der Waals surface area contributed by atoms with Crippen molar-refractivity contribution in [2.45, 2.75) is 12.1 Å². The summed E-state index contributed by atoms with van der Waals surface area (Å²) in [5, 5.41) is 13.3. The van der Waals surface area contributed by atoms with Crippen molar-refractivity contribution in [3.05, 3.63) is 26.5 Å². The minimum absolute atomic E-state index is 0.00301. The van der Waals surface area contributed by atoms with Crippen LogP contribution in [0.4, 0.5) is 0 Å². The van der Waals surface area contributed by atoms with Gasteiger partial charge in [0.25, 0.3) is 5.91 Å². The van der Waals surface area contributed by atoms with Gasteiger partial charge in [0.15, 0.2) is 5.75 Å². The Hall–Kier alpha value is -1.95. The molecular formula is C17H15BrClN3O5S2. The van der Waals surface area contributed by atoms with E-state index >= 15 is 0 Å². The molecule has 2 N–H and O–H groups in total. The van der Waals surface area contributed by atoms with Crippen LogP contribution < -0.4 is 10.1 Å². The Bertz CT molecular complexity index is 1240. The Morgan fingerprint density at radius 1 is 1.38 bits per heavy atom. The van der Waals surface area contributed by atoms with E-state index < -0.39 is 20.9 Å². The number of hydrogen-bond acceptors (Lipinski definition) is 8. The first-order valence-corrected chi connectivity index (χ1v) is 12.0. The molecule has 154 valence electrons. The molecule has 2 aromatic heterocycles. The number of rotatable bonds is 5. The molecule has 1 amide bonds. The summed E-state index contributed by atoms with van der Waals surface area (Å²) >= 11 is 10.6. The minimum atomic E-state index is -3.78. The normalized spacial score (nSPS) is 11.6. The summed E-state index contributed by atoms with van der Waals surface area (Å²) < 4.78 is 30.1. The van der Waals surface area contributed by atoms with Crippen LogP contribution in [-0.4, -0.2) is 49.3 Å². The standard InChI is InChI=1S/C17H15BrClN3O5S2/c1-4-20-15(24)14-13(23)11-12(7-5-10(27-2)8(18)6-9(7)19)21-17(29(3,25)26)22-16(11)28-14/h5-6,23H,4H2,1-3H3,(H,20,24). The van der Waals surface area contributed by atoms with Crippen LogP contribution in [0.25, 0.3) is 21.5 Å². The average molecular weight is 521 g/mol. The number of halogens is 2. The van der Waals surface area contributed by atoms with Crippen LogP contribution in [-0.2, 0) is 9.84 Å². The molecule has 0 atom stereocenters.